The van der Waals surface area contributed by atoms with Gasteiger partial charge in [-0.15, -0.1) is 0 Å². The van der Waals surface area contributed by atoms with E-state index in [1.807, 2.05) is 54.8 Å². The molecule has 7 heteroatoms. The van der Waals surface area contributed by atoms with Crippen LogP contribution in [0.1, 0.15) is 21.7 Å². The molecule has 4 aromatic rings. The van der Waals surface area contributed by atoms with Gasteiger partial charge in [-0.25, -0.2) is 8.42 Å². The van der Waals surface area contributed by atoms with Crippen LogP contribution in [0.2, 0.25) is 0 Å². The monoisotopic (exact) mass is 460 g/mol. The molecule has 1 aromatic heterocycles. The fourth-order valence-corrected chi connectivity index (χ4v) is 4.56. The number of hydrogen-bond acceptors (Lipinski definition) is 4. The Bertz CT molecular complexity index is 1450. The van der Waals surface area contributed by atoms with Gasteiger partial charge in [0.05, 0.1) is 16.1 Å². The number of nitrogens with one attached hydrogen (secondary N) is 1. The number of phenolic OH excluding ortho intramolecular Hbond substituents is 1. The minimum atomic E-state index is -3.30. The molecule has 168 valence electrons. The van der Waals surface area contributed by atoms with Crippen molar-refractivity contribution >= 4 is 21.4 Å². The molecule has 0 bridgehead atoms. The van der Waals surface area contributed by atoms with E-state index in [1.54, 1.807) is 30.3 Å². The molecule has 0 saturated carbocycles. The first-order chi connectivity index (χ1) is 15.6. The lowest BCUT2D eigenvalue weighted by molar-refractivity contribution is 0.102. The van der Waals surface area contributed by atoms with Crippen LogP contribution in [-0.4, -0.2) is 30.3 Å². The number of benzene rings is 3. The van der Waals surface area contributed by atoms with Crippen molar-refractivity contribution < 1.29 is 18.3 Å². The second-order valence-electron chi connectivity index (χ2n) is 7.94. The summed E-state index contributed by atoms with van der Waals surface area (Å²) in [4.78, 5) is 13.2. The van der Waals surface area contributed by atoms with Crippen molar-refractivity contribution in [2.75, 3.05) is 11.6 Å². The molecule has 3 aromatic carbocycles. The first-order valence-corrected chi connectivity index (χ1v) is 12.2. The third-order valence-corrected chi connectivity index (χ3v) is 6.65. The molecule has 0 radical (unpaired) electrons. The molecule has 33 heavy (non-hydrogen) atoms. The Hall–Kier alpha value is -3.84. The molecule has 0 unspecified atom stereocenters. The number of rotatable bonds is 5. The van der Waals surface area contributed by atoms with Gasteiger partial charge in [0.2, 0.25) is 0 Å². The summed E-state index contributed by atoms with van der Waals surface area (Å²) in [6, 6.07) is 22.8. The second kappa shape index (κ2) is 8.60. The summed E-state index contributed by atoms with van der Waals surface area (Å²) < 4.78 is 25.3. The molecule has 2 N–H and O–H groups in total. The van der Waals surface area contributed by atoms with Crippen molar-refractivity contribution in [3.05, 3.63) is 95.8 Å². The molecular formula is C26H24N2O4S. The Morgan fingerprint density at radius 2 is 1.61 bits per heavy atom. The zero-order valence-corrected chi connectivity index (χ0v) is 19.3. The summed E-state index contributed by atoms with van der Waals surface area (Å²) in [6.07, 6.45) is 1.14. The number of aromatic hydroxyl groups is 1. The van der Waals surface area contributed by atoms with E-state index >= 15 is 0 Å². The number of hydrogen-bond donors (Lipinski definition) is 2. The lowest BCUT2D eigenvalue weighted by Gasteiger charge is -2.15. The van der Waals surface area contributed by atoms with Crippen molar-refractivity contribution in [1.82, 2.24) is 4.57 Å². The largest absolute Gasteiger partial charge is 0.508 e. The standard InChI is InChI=1S/C26H24N2O4S/c1-17-15-24(26(30)27-20-11-13-22(14-12-20)33(3,31)32)18(2)28(17)25-10-5-4-9-23(25)19-7-6-8-21(29)16-19/h4-16,29H,1-3H3,(H,27,30). The SMILES string of the molecule is Cc1cc(C(=O)Nc2ccc(S(C)(=O)=O)cc2)c(C)n1-c1ccccc1-c1cccc(O)c1. The average Bonchev–Trinajstić information content (AvgIpc) is 3.07. The first kappa shape index (κ1) is 22.4. The van der Waals surface area contributed by atoms with Gasteiger partial charge in [-0.05, 0) is 67.9 Å². The molecule has 0 fully saturated rings. The number of para-hydroxylation sites is 1. The van der Waals surface area contributed by atoms with Gasteiger partial charge < -0.3 is 15.0 Å². The van der Waals surface area contributed by atoms with Crippen molar-refractivity contribution in [1.29, 1.82) is 0 Å². The predicted octanol–water partition coefficient (Wildman–Crippen LogP) is 5.12. The number of amides is 1. The van der Waals surface area contributed by atoms with Crippen LogP contribution in [0.3, 0.4) is 0 Å². The van der Waals surface area contributed by atoms with E-state index in [2.05, 4.69) is 5.32 Å². The normalized spacial score (nSPS) is 11.4. The summed E-state index contributed by atoms with van der Waals surface area (Å²) >= 11 is 0. The summed E-state index contributed by atoms with van der Waals surface area (Å²) in [6.45, 7) is 3.82. The zero-order chi connectivity index (χ0) is 23.8. The molecule has 0 aliphatic rings. The lowest BCUT2D eigenvalue weighted by Crippen LogP contribution is -2.13. The molecule has 1 amide bonds. The Balaban J connectivity index is 1.69. The highest BCUT2D eigenvalue weighted by Gasteiger charge is 2.19. The number of phenols is 1. The number of aromatic nitrogens is 1. The summed E-state index contributed by atoms with van der Waals surface area (Å²) in [5.41, 5.74) is 5.38. The number of carbonyl (C=O) groups is 1. The maximum Gasteiger partial charge on any atom is 0.257 e. The number of sulfone groups is 1. The van der Waals surface area contributed by atoms with E-state index in [4.69, 9.17) is 0 Å². The van der Waals surface area contributed by atoms with Gasteiger partial charge in [0.1, 0.15) is 5.75 Å². The Labute approximate surface area is 193 Å². The van der Waals surface area contributed by atoms with E-state index in [1.165, 1.54) is 12.1 Å². The minimum Gasteiger partial charge on any atom is -0.508 e. The fraction of sp³-hybridized carbons (Fsp3) is 0.115. The lowest BCUT2D eigenvalue weighted by atomic mass is 10.0. The highest BCUT2D eigenvalue weighted by molar-refractivity contribution is 7.90. The highest BCUT2D eigenvalue weighted by atomic mass is 32.2. The quantitative estimate of drug-likeness (QED) is 0.433. The molecule has 0 aliphatic heterocycles. The number of anilines is 1. The number of nitrogens with zero attached hydrogens (tertiary/aromatic N) is 1. The fourth-order valence-electron chi connectivity index (χ4n) is 3.93. The van der Waals surface area contributed by atoms with Gasteiger partial charge >= 0.3 is 0 Å². The van der Waals surface area contributed by atoms with Gasteiger partial charge in [0.15, 0.2) is 9.84 Å². The van der Waals surface area contributed by atoms with Crippen molar-refractivity contribution in [3.8, 4) is 22.6 Å². The topological polar surface area (TPSA) is 88.4 Å². The third-order valence-electron chi connectivity index (χ3n) is 5.52. The minimum absolute atomic E-state index is 0.185. The maximum absolute atomic E-state index is 13.0. The molecule has 6 nitrogen and oxygen atoms in total. The number of aryl methyl sites for hydroxylation is 1. The van der Waals surface area contributed by atoms with E-state index in [0.717, 1.165) is 34.5 Å². The van der Waals surface area contributed by atoms with Crippen LogP contribution in [0.4, 0.5) is 5.69 Å². The highest BCUT2D eigenvalue weighted by Crippen LogP contribution is 2.32. The van der Waals surface area contributed by atoms with Crippen molar-refractivity contribution in [2.45, 2.75) is 18.7 Å². The first-order valence-electron chi connectivity index (χ1n) is 10.3. The summed E-state index contributed by atoms with van der Waals surface area (Å²) in [5, 5.41) is 12.8. The number of carbonyl (C=O) groups excluding carboxylic acids is 1. The smallest absolute Gasteiger partial charge is 0.257 e. The molecule has 0 atom stereocenters. The predicted molar refractivity (Wildman–Crippen MR) is 130 cm³/mol. The van der Waals surface area contributed by atoms with Crippen LogP contribution < -0.4 is 5.32 Å². The van der Waals surface area contributed by atoms with Gasteiger partial charge in [0, 0.05) is 28.9 Å². The Morgan fingerprint density at radius 1 is 0.909 bits per heavy atom. The van der Waals surface area contributed by atoms with E-state index in [9.17, 15) is 18.3 Å². The Morgan fingerprint density at radius 3 is 2.27 bits per heavy atom. The molecule has 0 saturated heterocycles. The van der Waals surface area contributed by atoms with Crippen LogP contribution in [0.5, 0.6) is 5.75 Å². The van der Waals surface area contributed by atoms with Crippen molar-refractivity contribution in [2.24, 2.45) is 0 Å². The van der Waals surface area contributed by atoms with Crippen LogP contribution in [0.25, 0.3) is 16.8 Å². The molecule has 0 aliphatic carbocycles. The van der Waals surface area contributed by atoms with Gasteiger partial charge in [0.25, 0.3) is 5.91 Å². The summed E-state index contributed by atoms with van der Waals surface area (Å²) in [5.74, 6) is -0.0958. The second-order valence-corrected chi connectivity index (χ2v) is 9.95. The van der Waals surface area contributed by atoms with Gasteiger partial charge in [-0.3, -0.25) is 4.79 Å². The maximum atomic E-state index is 13.0. The molecular weight excluding hydrogens is 436 g/mol. The van der Waals surface area contributed by atoms with Crippen LogP contribution >= 0.6 is 0 Å². The molecule has 0 spiro atoms. The zero-order valence-electron chi connectivity index (χ0n) is 18.5. The van der Waals surface area contributed by atoms with Crippen LogP contribution in [0, 0.1) is 13.8 Å². The van der Waals surface area contributed by atoms with Crippen molar-refractivity contribution in [3.63, 3.8) is 0 Å². The van der Waals surface area contributed by atoms with Crippen LogP contribution in [0.15, 0.2) is 83.8 Å². The average molecular weight is 461 g/mol. The molecule has 4 rings (SSSR count). The van der Waals surface area contributed by atoms with E-state index < -0.39 is 9.84 Å². The van der Waals surface area contributed by atoms with E-state index in [0.29, 0.717) is 11.3 Å². The Kier molecular flexibility index (Phi) is 5.82. The van der Waals surface area contributed by atoms with Gasteiger partial charge in [-0.1, -0.05) is 30.3 Å². The van der Waals surface area contributed by atoms with Gasteiger partial charge in [-0.2, -0.15) is 0 Å². The third kappa shape index (κ3) is 4.54. The van der Waals surface area contributed by atoms with Crippen LogP contribution in [-0.2, 0) is 9.84 Å². The molecule has 1 heterocycles. The van der Waals surface area contributed by atoms with E-state index in [-0.39, 0.29) is 16.6 Å². The summed E-state index contributed by atoms with van der Waals surface area (Å²) in [7, 11) is -3.30.